The topological polar surface area (TPSA) is 93.1 Å². The lowest BCUT2D eigenvalue weighted by Gasteiger charge is -2.13. The molecule has 2 N–H and O–H groups in total. The van der Waals surface area contributed by atoms with Gasteiger partial charge in [0.1, 0.15) is 0 Å². The van der Waals surface area contributed by atoms with Crippen LogP contribution in [0.4, 0.5) is 0 Å². The van der Waals surface area contributed by atoms with Crippen LogP contribution < -0.4 is 0 Å². The molecule has 0 fully saturated rings. The molecule has 2 atom stereocenters. The molecular formula is C7H12O6. The summed E-state index contributed by atoms with van der Waals surface area (Å²) >= 11 is 0. The molecule has 0 amide bonds. The lowest BCUT2D eigenvalue weighted by Crippen LogP contribution is -2.30. The third kappa shape index (κ3) is 4.44. The highest BCUT2D eigenvalue weighted by molar-refractivity contribution is 5.73. The Bertz CT molecular complexity index is 189. The van der Waals surface area contributed by atoms with Crippen LogP contribution in [0.3, 0.4) is 0 Å². The maximum absolute atomic E-state index is 10.9. The Morgan fingerprint density at radius 1 is 1.38 bits per heavy atom. The molecule has 0 saturated carbocycles. The molecule has 13 heavy (non-hydrogen) atoms. The molecule has 0 radical (unpaired) electrons. The van der Waals surface area contributed by atoms with Crippen LogP contribution in [-0.4, -0.2) is 34.9 Å². The second-order valence-electron chi connectivity index (χ2n) is 2.52. The number of carbonyl (C=O) groups excluding carboxylic acids is 2. The summed E-state index contributed by atoms with van der Waals surface area (Å²) in [7, 11) is 0. The highest BCUT2D eigenvalue weighted by Crippen LogP contribution is 2.05. The van der Waals surface area contributed by atoms with E-state index in [1.807, 2.05) is 0 Å². The summed E-state index contributed by atoms with van der Waals surface area (Å²) in [6, 6.07) is 0. The van der Waals surface area contributed by atoms with E-state index in [9.17, 15) is 9.59 Å². The van der Waals surface area contributed by atoms with Gasteiger partial charge in [-0.25, -0.2) is 19.4 Å². The minimum absolute atomic E-state index is 0.559. The molecule has 2 unspecified atom stereocenters. The normalized spacial score (nSPS) is 14.5. The molecule has 0 aliphatic rings. The first-order valence-electron chi connectivity index (χ1n) is 3.67. The fourth-order valence-corrected chi connectivity index (χ4v) is 0.491. The van der Waals surface area contributed by atoms with Crippen LogP contribution in [0.15, 0.2) is 0 Å². The molecule has 6 nitrogen and oxygen atoms in total. The minimum atomic E-state index is -1.22. The average Bonchev–Trinajstić information content (AvgIpc) is 2.11. The molecule has 0 heterocycles. The van der Waals surface area contributed by atoms with E-state index in [2.05, 4.69) is 9.78 Å². The summed E-state index contributed by atoms with van der Waals surface area (Å²) in [4.78, 5) is 29.0. The highest BCUT2D eigenvalue weighted by Gasteiger charge is 2.24. The molecular weight excluding hydrogens is 180 g/mol. The second-order valence-corrected chi connectivity index (χ2v) is 2.52. The Hall–Kier alpha value is -1.14. The van der Waals surface area contributed by atoms with Gasteiger partial charge in [0, 0.05) is 6.92 Å². The summed E-state index contributed by atoms with van der Waals surface area (Å²) < 4.78 is 0. The molecule has 76 valence electrons. The van der Waals surface area contributed by atoms with Crippen LogP contribution in [-0.2, 0) is 19.4 Å². The van der Waals surface area contributed by atoms with Crippen LogP contribution in [0, 0.1) is 5.92 Å². The molecule has 0 saturated heterocycles. The molecule has 6 heteroatoms. The molecule has 0 bridgehead atoms. The standard InChI is InChI=1S/C7H12O6/c1-4(6(10)3-8)7(11)13-12-5(2)9/h4,6,8,10H,3H2,1-2H3. The number of hydrogen-bond donors (Lipinski definition) is 2. The van der Waals surface area contributed by atoms with Gasteiger partial charge in [-0.05, 0) is 6.92 Å². The van der Waals surface area contributed by atoms with Crippen molar-refractivity contribution in [2.75, 3.05) is 6.61 Å². The number of aliphatic hydroxyl groups is 2. The van der Waals surface area contributed by atoms with Crippen LogP contribution in [0.1, 0.15) is 13.8 Å². The predicted octanol–water partition coefficient (Wildman–Crippen LogP) is -1.00. The summed E-state index contributed by atoms with van der Waals surface area (Å²) in [5.74, 6) is -2.61. The molecule has 0 aliphatic carbocycles. The van der Waals surface area contributed by atoms with Gasteiger partial charge in [0.15, 0.2) is 0 Å². The molecule has 0 aromatic heterocycles. The van der Waals surface area contributed by atoms with E-state index in [0.29, 0.717) is 0 Å². The summed E-state index contributed by atoms with van der Waals surface area (Å²) in [5, 5.41) is 17.4. The van der Waals surface area contributed by atoms with E-state index in [0.717, 1.165) is 6.92 Å². The van der Waals surface area contributed by atoms with E-state index in [1.165, 1.54) is 6.92 Å². The van der Waals surface area contributed by atoms with Gasteiger partial charge in [0.25, 0.3) is 0 Å². The van der Waals surface area contributed by atoms with Crippen molar-refractivity contribution in [2.45, 2.75) is 20.0 Å². The van der Waals surface area contributed by atoms with Crippen molar-refractivity contribution in [3.8, 4) is 0 Å². The first-order valence-corrected chi connectivity index (χ1v) is 3.67. The lowest BCUT2D eigenvalue weighted by molar-refractivity contribution is -0.262. The highest BCUT2D eigenvalue weighted by atomic mass is 17.2. The Morgan fingerprint density at radius 3 is 2.31 bits per heavy atom. The minimum Gasteiger partial charge on any atom is -0.394 e. The van der Waals surface area contributed by atoms with Crippen LogP contribution in [0.5, 0.6) is 0 Å². The van der Waals surface area contributed by atoms with Crippen LogP contribution in [0.2, 0.25) is 0 Å². The van der Waals surface area contributed by atoms with Gasteiger partial charge in [0.05, 0.1) is 18.6 Å². The SMILES string of the molecule is CC(=O)OOC(=O)C(C)C(O)CO. The maximum atomic E-state index is 10.9. The summed E-state index contributed by atoms with van der Waals surface area (Å²) in [6.45, 7) is 1.85. The monoisotopic (exact) mass is 192 g/mol. The van der Waals surface area contributed by atoms with Crippen molar-refractivity contribution >= 4 is 11.9 Å². The zero-order valence-corrected chi connectivity index (χ0v) is 7.39. The Kier molecular flexibility index (Phi) is 5.01. The molecule has 0 spiro atoms. The number of hydrogen-bond acceptors (Lipinski definition) is 6. The molecule has 0 rings (SSSR count). The van der Waals surface area contributed by atoms with Crippen LogP contribution >= 0.6 is 0 Å². The zero-order valence-electron chi connectivity index (χ0n) is 7.39. The summed E-state index contributed by atoms with van der Waals surface area (Å²) in [5.41, 5.74) is 0. The van der Waals surface area contributed by atoms with Crippen molar-refractivity contribution in [1.29, 1.82) is 0 Å². The Morgan fingerprint density at radius 2 is 1.92 bits per heavy atom. The Labute approximate surface area is 75.0 Å². The van der Waals surface area contributed by atoms with Crippen molar-refractivity contribution < 1.29 is 29.6 Å². The zero-order chi connectivity index (χ0) is 10.4. The molecule has 0 aliphatic heterocycles. The third-order valence-electron chi connectivity index (χ3n) is 1.38. The first kappa shape index (κ1) is 11.9. The average molecular weight is 192 g/mol. The predicted molar refractivity (Wildman–Crippen MR) is 40.1 cm³/mol. The van der Waals surface area contributed by atoms with E-state index < -0.39 is 30.6 Å². The van der Waals surface area contributed by atoms with E-state index in [-0.39, 0.29) is 0 Å². The van der Waals surface area contributed by atoms with Gasteiger partial charge in [-0.3, -0.25) is 0 Å². The smallest absolute Gasteiger partial charge is 0.361 e. The third-order valence-corrected chi connectivity index (χ3v) is 1.38. The van der Waals surface area contributed by atoms with Gasteiger partial charge >= 0.3 is 11.9 Å². The van der Waals surface area contributed by atoms with Gasteiger partial charge < -0.3 is 10.2 Å². The largest absolute Gasteiger partial charge is 0.394 e. The number of aliphatic hydroxyl groups excluding tert-OH is 2. The van der Waals surface area contributed by atoms with Gasteiger partial charge in [-0.1, -0.05) is 0 Å². The van der Waals surface area contributed by atoms with E-state index in [4.69, 9.17) is 10.2 Å². The fourth-order valence-electron chi connectivity index (χ4n) is 0.491. The fraction of sp³-hybridized carbons (Fsp3) is 0.714. The van der Waals surface area contributed by atoms with Gasteiger partial charge in [-0.2, -0.15) is 0 Å². The maximum Gasteiger partial charge on any atom is 0.361 e. The van der Waals surface area contributed by atoms with Crippen molar-refractivity contribution in [2.24, 2.45) is 5.92 Å². The number of rotatable bonds is 3. The second kappa shape index (κ2) is 5.50. The van der Waals surface area contributed by atoms with Crippen molar-refractivity contribution in [3.63, 3.8) is 0 Å². The van der Waals surface area contributed by atoms with Gasteiger partial charge in [0.2, 0.25) is 0 Å². The van der Waals surface area contributed by atoms with Crippen LogP contribution in [0.25, 0.3) is 0 Å². The summed E-state index contributed by atoms with van der Waals surface area (Å²) in [6.07, 6.45) is -1.22. The van der Waals surface area contributed by atoms with Gasteiger partial charge in [-0.15, -0.1) is 0 Å². The van der Waals surface area contributed by atoms with E-state index >= 15 is 0 Å². The lowest BCUT2D eigenvalue weighted by atomic mass is 10.1. The van der Waals surface area contributed by atoms with Crippen molar-refractivity contribution in [3.05, 3.63) is 0 Å². The molecule has 0 aromatic carbocycles. The Balaban J connectivity index is 3.89. The van der Waals surface area contributed by atoms with Crippen molar-refractivity contribution in [1.82, 2.24) is 0 Å². The van der Waals surface area contributed by atoms with E-state index in [1.54, 1.807) is 0 Å². The number of carbonyl (C=O) groups is 2. The first-order chi connectivity index (χ1) is 5.99. The molecule has 0 aromatic rings. The quantitative estimate of drug-likeness (QED) is 0.440.